The van der Waals surface area contributed by atoms with E-state index in [4.69, 9.17) is 4.99 Å². The van der Waals surface area contributed by atoms with Gasteiger partial charge in [0.05, 0.1) is 15.9 Å². The van der Waals surface area contributed by atoms with Gasteiger partial charge in [0.25, 0.3) is 0 Å². The van der Waals surface area contributed by atoms with Crippen molar-refractivity contribution in [1.29, 1.82) is 0 Å². The number of phenols is 1. The summed E-state index contributed by atoms with van der Waals surface area (Å²) in [5, 5.41) is 13.8. The predicted molar refractivity (Wildman–Crippen MR) is 119 cm³/mol. The molecule has 0 unspecified atom stereocenters. The summed E-state index contributed by atoms with van der Waals surface area (Å²) in [5.41, 5.74) is 3.29. The first-order valence-corrected chi connectivity index (χ1v) is 10.4. The highest BCUT2D eigenvalue weighted by Gasteiger charge is 2.13. The Hall–Kier alpha value is -1.88. The number of aromatic hydroxyl groups is 1. The molecule has 1 fully saturated rings. The van der Waals surface area contributed by atoms with Crippen molar-refractivity contribution in [2.75, 3.05) is 13.6 Å². The molecule has 146 valence electrons. The molecule has 1 saturated carbocycles. The SMILES string of the molecule is CN=C/C(Br)=C(C)/N=C(\C=C(/C)NCC1CCCCC1)c1ccccc1O. The van der Waals surface area contributed by atoms with Crippen LogP contribution in [-0.2, 0) is 0 Å². The molecule has 0 heterocycles. The average molecular weight is 432 g/mol. The van der Waals surface area contributed by atoms with E-state index in [-0.39, 0.29) is 5.75 Å². The molecule has 0 spiro atoms. The molecule has 2 N–H and O–H groups in total. The molecule has 0 aromatic heterocycles. The van der Waals surface area contributed by atoms with Crippen molar-refractivity contribution in [3.63, 3.8) is 0 Å². The summed E-state index contributed by atoms with van der Waals surface area (Å²) in [6.07, 6.45) is 10.4. The van der Waals surface area contributed by atoms with E-state index in [2.05, 4.69) is 33.2 Å². The van der Waals surface area contributed by atoms with Crippen molar-refractivity contribution in [2.24, 2.45) is 15.9 Å². The van der Waals surface area contributed by atoms with Crippen LogP contribution in [0.2, 0.25) is 0 Å². The third-order valence-corrected chi connectivity index (χ3v) is 5.58. The number of hydrogen-bond donors (Lipinski definition) is 2. The minimum Gasteiger partial charge on any atom is -0.507 e. The van der Waals surface area contributed by atoms with Crippen molar-refractivity contribution in [2.45, 2.75) is 46.0 Å². The zero-order chi connectivity index (χ0) is 19.6. The summed E-state index contributed by atoms with van der Waals surface area (Å²) >= 11 is 3.50. The minimum atomic E-state index is 0.223. The molecule has 1 aromatic rings. The Kier molecular flexibility index (Phi) is 8.79. The minimum absolute atomic E-state index is 0.223. The molecular weight excluding hydrogens is 402 g/mol. The first-order chi connectivity index (χ1) is 13.0. The first kappa shape index (κ1) is 21.4. The number of phenolic OH excluding ortho intramolecular Hbond substituents is 1. The van der Waals surface area contributed by atoms with Crippen LogP contribution in [-0.4, -0.2) is 30.6 Å². The molecule has 0 radical (unpaired) electrons. The number of benzene rings is 1. The van der Waals surface area contributed by atoms with Gasteiger partial charge in [-0.05, 0) is 66.7 Å². The molecule has 1 aliphatic carbocycles. The van der Waals surface area contributed by atoms with Gasteiger partial charge in [-0.1, -0.05) is 31.4 Å². The van der Waals surface area contributed by atoms with Gasteiger partial charge in [-0.15, -0.1) is 0 Å². The average Bonchev–Trinajstić information content (AvgIpc) is 2.67. The number of allylic oxidation sites excluding steroid dienone is 4. The zero-order valence-corrected chi connectivity index (χ0v) is 18.1. The van der Waals surface area contributed by atoms with E-state index in [0.29, 0.717) is 5.56 Å². The largest absolute Gasteiger partial charge is 0.507 e. The fraction of sp³-hybridized carbons (Fsp3) is 0.455. The summed E-state index contributed by atoms with van der Waals surface area (Å²) in [4.78, 5) is 8.76. The van der Waals surface area contributed by atoms with Gasteiger partial charge in [0.1, 0.15) is 5.75 Å². The van der Waals surface area contributed by atoms with Crippen LogP contribution in [0.4, 0.5) is 0 Å². The van der Waals surface area contributed by atoms with Gasteiger partial charge in [0, 0.05) is 31.1 Å². The zero-order valence-electron chi connectivity index (χ0n) is 16.5. The second kappa shape index (κ2) is 11.1. The monoisotopic (exact) mass is 431 g/mol. The van der Waals surface area contributed by atoms with Crippen molar-refractivity contribution < 1.29 is 5.11 Å². The maximum absolute atomic E-state index is 10.3. The highest BCUT2D eigenvalue weighted by Crippen LogP contribution is 2.23. The van der Waals surface area contributed by atoms with Crippen LogP contribution >= 0.6 is 15.9 Å². The van der Waals surface area contributed by atoms with Crippen LogP contribution in [0.5, 0.6) is 5.75 Å². The summed E-state index contributed by atoms with van der Waals surface area (Å²) < 4.78 is 0.819. The van der Waals surface area contributed by atoms with Gasteiger partial charge < -0.3 is 10.4 Å². The smallest absolute Gasteiger partial charge is 0.124 e. The number of nitrogens with zero attached hydrogens (tertiary/aromatic N) is 2. The van der Waals surface area contributed by atoms with Crippen LogP contribution in [0.3, 0.4) is 0 Å². The van der Waals surface area contributed by atoms with Crippen molar-refractivity contribution in [3.8, 4) is 5.75 Å². The number of rotatable bonds is 7. The quantitative estimate of drug-likeness (QED) is 0.553. The molecular formula is C22H30BrN3O. The van der Waals surface area contributed by atoms with E-state index in [1.54, 1.807) is 19.3 Å². The molecule has 4 nitrogen and oxygen atoms in total. The summed E-state index contributed by atoms with van der Waals surface area (Å²) in [5.74, 6) is 0.977. The number of para-hydroxylation sites is 1. The second-order valence-electron chi connectivity index (χ2n) is 7.05. The molecule has 0 saturated heterocycles. The van der Waals surface area contributed by atoms with E-state index in [1.165, 1.54) is 32.1 Å². The Morgan fingerprint density at radius 1 is 1.22 bits per heavy atom. The van der Waals surface area contributed by atoms with Crippen molar-refractivity contribution >= 4 is 27.9 Å². The molecule has 0 amide bonds. The number of nitrogens with one attached hydrogen (secondary N) is 1. The molecule has 0 atom stereocenters. The molecule has 0 bridgehead atoms. The highest BCUT2D eigenvalue weighted by molar-refractivity contribution is 9.12. The molecule has 1 aromatic carbocycles. The van der Waals surface area contributed by atoms with Gasteiger partial charge in [-0.3, -0.25) is 9.98 Å². The van der Waals surface area contributed by atoms with E-state index in [0.717, 1.165) is 34.1 Å². The number of hydrogen-bond acceptors (Lipinski definition) is 4. The van der Waals surface area contributed by atoms with E-state index < -0.39 is 0 Å². The fourth-order valence-corrected chi connectivity index (χ4v) is 3.55. The van der Waals surface area contributed by atoms with Gasteiger partial charge in [-0.2, -0.15) is 0 Å². The Morgan fingerprint density at radius 2 is 1.93 bits per heavy atom. The standard InChI is InChI=1S/C22H30BrN3O/c1-16(25-14-18-9-5-4-6-10-18)13-21(19-11-7-8-12-22(19)27)26-17(2)20(23)15-24-3/h7-8,11-13,15,18,25,27H,4-6,9-10,14H2,1-3H3/b16-13+,20-17-,24-15?,26-21+. The maximum Gasteiger partial charge on any atom is 0.124 e. The van der Waals surface area contributed by atoms with Crippen molar-refractivity contribution in [3.05, 3.63) is 51.8 Å². The topological polar surface area (TPSA) is 57.0 Å². The maximum atomic E-state index is 10.3. The summed E-state index contributed by atoms with van der Waals surface area (Å²) in [6, 6.07) is 7.29. The summed E-state index contributed by atoms with van der Waals surface area (Å²) in [6.45, 7) is 4.97. The molecule has 0 aliphatic heterocycles. The Labute approximate surface area is 171 Å². The normalized spacial score (nSPS) is 17.9. The van der Waals surface area contributed by atoms with Gasteiger partial charge >= 0.3 is 0 Å². The van der Waals surface area contributed by atoms with Crippen LogP contribution < -0.4 is 5.32 Å². The van der Waals surface area contributed by atoms with Gasteiger partial charge in [-0.25, -0.2) is 0 Å². The third-order valence-electron chi connectivity index (χ3n) is 4.80. The van der Waals surface area contributed by atoms with Gasteiger partial charge in [0.15, 0.2) is 0 Å². The lowest BCUT2D eigenvalue weighted by Gasteiger charge is -2.22. The number of aliphatic imine (C=N–C) groups is 2. The Morgan fingerprint density at radius 3 is 2.59 bits per heavy atom. The lowest BCUT2D eigenvalue weighted by Crippen LogP contribution is -2.23. The van der Waals surface area contributed by atoms with Crippen LogP contribution in [0.15, 0.2) is 56.2 Å². The summed E-state index contributed by atoms with van der Waals surface area (Å²) in [7, 11) is 1.72. The molecule has 5 heteroatoms. The van der Waals surface area contributed by atoms with Crippen LogP contribution in [0.1, 0.15) is 51.5 Å². The van der Waals surface area contributed by atoms with Crippen LogP contribution in [0.25, 0.3) is 0 Å². The van der Waals surface area contributed by atoms with E-state index in [1.807, 2.05) is 31.2 Å². The second-order valence-corrected chi connectivity index (χ2v) is 7.90. The van der Waals surface area contributed by atoms with E-state index in [9.17, 15) is 5.11 Å². The lowest BCUT2D eigenvalue weighted by atomic mass is 9.89. The lowest BCUT2D eigenvalue weighted by molar-refractivity contribution is 0.351. The van der Waals surface area contributed by atoms with Crippen molar-refractivity contribution in [1.82, 2.24) is 5.32 Å². The molecule has 27 heavy (non-hydrogen) atoms. The van der Waals surface area contributed by atoms with E-state index >= 15 is 0 Å². The number of halogens is 1. The molecule has 2 rings (SSSR count). The highest BCUT2D eigenvalue weighted by atomic mass is 79.9. The Bertz CT molecular complexity index is 744. The third kappa shape index (κ3) is 6.98. The van der Waals surface area contributed by atoms with Gasteiger partial charge in [0.2, 0.25) is 0 Å². The fourth-order valence-electron chi connectivity index (χ4n) is 3.25. The van der Waals surface area contributed by atoms with Crippen LogP contribution in [0, 0.1) is 5.92 Å². The molecule has 1 aliphatic rings. The Balaban J connectivity index is 2.26. The predicted octanol–water partition coefficient (Wildman–Crippen LogP) is 5.58. The first-order valence-electron chi connectivity index (χ1n) is 9.59.